The third kappa shape index (κ3) is 6.23. The Morgan fingerprint density at radius 2 is 2.00 bits per heavy atom. The first-order chi connectivity index (χ1) is 20.2. The zero-order valence-corrected chi connectivity index (χ0v) is 24.1. The fraction of sp³-hybridized carbons (Fsp3) is 0.414. The van der Waals surface area contributed by atoms with Crippen LogP contribution in [-0.4, -0.2) is 82.3 Å². The zero-order chi connectivity index (χ0) is 29.4. The number of benzene rings is 2. The second-order valence-electron chi connectivity index (χ2n) is 10.6. The molecular weight excluding hydrogens is 593 g/mol. The van der Waals surface area contributed by atoms with Gasteiger partial charge in [-0.1, -0.05) is 23.7 Å². The van der Waals surface area contributed by atoms with Crippen molar-refractivity contribution in [2.75, 3.05) is 39.5 Å². The summed E-state index contributed by atoms with van der Waals surface area (Å²) in [5.74, 6) is -0.332. The minimum absolute atomic E-state index is 0.00941. The highest BCUT2D eigenvalue weighted by atomic mass is 35.5. The molecule has 3 aliphatic heterocycles. The van der Waals surface area contributed by atoms with Crippen molar-refractivity contribution >= 4 is 51.5 Å². The van der Waals surface area contributed by atoms with Crippen molar-refractivity contribution < 1.29 is 32.2 Å². The summed E-state index contributed by atoms with van der Waals surface area (Å²) in [4.78, 5) is 29.7. The van der Waals surface area contributed by atoms with Crippen LogP contribution >= 0.6 is 23.4 Å². The van der Waals surface area contributed by atoms with Crippen LogP contribution in [-0.2, 0) is 27.0 Å². The lowest BCUT2D eigenvalue weighted by Gasteiger charge is -2.42. The van der Waals surface area contributed by atoms with Crippen molar-refractivity contribution in [1.82, 2.24) is 19.6 Å². The fourth-order valence-corrected chi connectivity index (χ4v) is 6.61. The number of aromatic nitrogens is 2. The quantitative estimate of drug-likeness (QED) is 0.315. The average molecular weight is 621 g/mol. The van der Waals surface area contributed by atoms with E-state index in [2.05, 4.69) is 10.00 Å². The number of carbonyl (C=O) groups excluding carboxylic acids is 2. The summed E-state index contributed by atoms with van der Waals surface area (Å²) >= 11 is 6.71. The number of amides is 2. The number of morpholine rings is 2. The number of imide groups is 1. The molecule has 0 aliphatic carbocycles. The zero-order valence-electron chi connectivity index (χ0n) is 22.5. The molecule has 6 rings (SSSR count). The predicted octanol–water partition coefficient (Wildman–Crippen LogP) is 5.67. The van der Waals surface area contributed by atoms with Crippen LogP contribution in [0.1, 0.15) is 29.5 Å². The summed E-state index contributed by atoms with van der Waals surface area (Å²) in [6.45, 7) is 4.01. The normalized spacial score (nSPS) is 22.9. The lowest BCUT2D eigenvalue weighted by atomic mass is 10.1. The Balaban J connectivity index is 1.09. The second kappa shape index (κ2) is 12.0. The number of ether oxygens (including phenoxy) is 2. The molecule has 3 aliphatic rings. The van der Waals surface area contributed by atoms with Gasteiger partial charge in [0.15, 0.2) is 0 Å². The van der Waals surface area contributed by atoms with Crippen LogP contribution in [0.5, 0.6) is 0 Å². The van der Waals surface area contributed by atoms with E-state index < -0.39 is 11.7 Å². The Morgan fingerprint density at radius 3 is 2.83 bits per heavy atom. The van der Waals surface area contributed by atoms with E-state index >= 15 is 0 Å². The van der Waals surface area contributed by atoms with E-state index in [1.807, 2.05) is 0 Å². The molecule has 1 aromatic heterocycles. The Kier molecular flexibility index (Phi) is 8.34. The highest BCUT2D eigenvalue weighted by Crippen LogP contribution is 2.35. The molecule has 3 aromatic rings. The van der Waals surface area contributed by atoms with Gasteiger partial charge in [0, 0.05) is 30.0 Å². The molecule has 8 nitrogen and oxygen atoms in total. The summed E-state index contributed by atoms with van der Waals surface area (Å²) in [7, 11) is 0. The topological polar surface area (TPSA) is 76.9 Å². The number of fused-ring (bicyclic) bond motifs is 2. The van der Waals surface area contributed by atoms with E-state index in [-0.39, 0.29) is 34.4 Å². The standard InChI is InChI=1S/C29H28ClF3N4O4S/c30-21-5-4-19(24(12-21)29(31,32)33)14-37-25-6-3-18(10-20(25)13-34-37)11-26-27(38)36(28(39)42-26)7-1-2-23-15-35-8-9-40-16-22(35)17-41-23/h3-6,10-13,22-23H,1-2,7-9,14-17H2. The third-order valence-corrected chi connectivity index (χ3v) is 8.90. The predicted molar refractivity (Wildman–Crippen MR) is 153 cm³/mol. The number of carbonyl (C=O) groups is 2. The van der Waals surface area contributed by atoms with E-state index in [1.54, 1.807) is 30.5 Å². The van der Waals surface area contributed by atoms with E-state index in [1.165, 1.54) is 21.7 Å². The van der Waals surface area contributed by atoms with Crippen molar-refractivity contribution in [3.8, 4) is 0 Å². The monoisotopic (exact) mass is 620 g/mol. The summed E-state index contributed by atoms with van der Waals surface area (Å²) in [5, 5.41) is 4.68. The number of alkyl halides is 3. The summed E-state index contributed by atoms with van der Waals surface area (Å²) in [6, 6.07) is 9.28. The molecule has 3 saturated heterocycles. The first kappa shape index (κ1) is 29.2. The van der Waals surface area contributed by atoms with Crippen LogP contribution in [0.4, 0.5) is 18.0 Å². The molecule has 0 N–H and O–H groups in total. The molecule has 0 radical (unpaired) electrons. The molecule has 0 bridgehead atoms. The van der Waals surface area contributed by atoms with Crippen LogP contribution in [0.15, 0.2) is 47.5 Å². The molecule has 2 unspecified atom stereocenters. The van der Waals surface area contributed by atoms with Crippen molar-refractivity contribution in [3.63, 3.8) is 0 Å². The van der Waals surface area contributed by atoms with E-state index in [0.717, 1.165) is 43.9 Å². The Hall–Kier alpha value is -2.90. The van der Waals surface area contributed by atoms with Gasteiger partial charge in [-0.3, -0.25) is 24.1 Å². The van der Waals surface area contributed by atoms with Gasteiger partial charge in [-0.25, -0.2) is 0 Å². The van der Waals surface area contributed by atoms with Gasteiger partial charge >= 0.3 is 6.18 Å². The first-order valence-corrected chi connectivity index (χ1v) is 14.8. The molecule has 42 heavy (non-hydrogen) atoms. The molecule has 0 saturated carbocycles. The highest BCUT2D eigenvalue weighted by molar-refractivity contribution is 8.18. The number of rotatable bonds is 7. The van der Waals surface area contributed by atoms with Crippen molar-refractivity contribution in [2.24, 2.45) is 0 Å². The fourth-order valence-electron chi connectivity index (χ4n) is 5.57. The number of nitrogens with zero attached hydrogens (tertiary/aromatic N) is 4. The maximum Gasteiger partial charge on any atom is 0.416 e. The van der Waals surface area contributed by atoms with Crippen molar-refractivity contribution in [2.45, 2.75) is 37.7 Å². The Labute approximate surface area is 249 Å². The lowest BCUT2D eigenvalue weighted by molar-refractivity contribution is -0.138. The van der Waals surface area contributed by atoms with Crippen LogP contribution in [0.2, 0.25) is 5.02 Å². The molecular formula is C29H28ClF3N4O4S. The summed E-state index contributed by atoms with van der Waals surface area (Å²) in [5.41, 5.74) is 0.570. The van der Waals surface area contributed by atoms with Crippen molar-refractivity contribution in [1.29, 1.82) is 0 Å². The van der Waals surface area contributed by atoms with Crippen molar-refractivity contribution in [3.05, 3.63) is 69.2 Å². The maximum absolute atomic E-state index is 13.6. The van der Waals surface area contributed by atoms with Gasteiger partial charge in [-0.15, -0.1) is 0 Å². The Bertz CT molecular complexity index is 1540. The second-order valence-corrected chi connectivity index (χ2v) is 12.0. The minimum atomic E-state index is -4.55. The number of hydrogen-bond donors (Lipinski definition) is 0. The molecule has 2 amide bonds. The third-order valence-electron chi connectivity index (χ3n) is 7.75. The molecule has 2 aromatic carbocycles. The smallest absolute Gasteiger partial charge is 0.378 e. The Morgan fingerprint density at radius 1 is 1.14 bits per heavy atom. The van der Waals surface area contributed by atoms with Gasteiger partial charge < -0.3 is 9.47 Å². The van der Waals surface area contributed by atoms with Crippen LogP contribution in [0.3, 0.4) is 0 Å². The maximum atomic E-state index is 13.6. The van der Waals surface area contributed by atoms with Gasteiger partial charge in [0.25, 0.3) is 11.1 Å². The van der Waals surface area contributed by atoms with E-state index in [9.17, 15) is 22.8 Å². The molecule has 0 spiro atoms. The first-order valence-electron chi connectivity index (χ1n) is 13.7. The highest BCUT2D eigenvalue weighted by Gasteiger charge is 2.36. The minimum Gasteiger partial charge on any atom is -0.378 e. The average Bonchev–Trinajstić information content (AvgIpc) is 3.48. The van der Waals surface area contributed by atoms with Gasteiger partial charge in [-0.05, 0) is 66.1 Å². The summed E-state index contributed by atoms with van der Waals surface area (Å²) < 4.78 is 53.6. The number of hydrogen-bond acceptors (Lipinski definition) is 7. The molecule has 4 heterocycles. The van der Waals surface area contributed by atoms with Gasteiger partial charge in [0.2, 0.25) is 0 Å². The largest absolute Gasteiger partial charge is 0.416 e. The SMILES string of the molecule is O=C1SC(=Cc2ccc3c(cnn3Cc3ccc(Cl)cc3C(F)(F)F)c2)C(=O)N1CCCC1CN2CCOCC2CO1. The van der Waals surface area contributed by atoms with Crippen LogP contribution in [0.25, 0.3) is 17.0 Å². The van der Waals surface area contributed by atoms with E-state index in [4.69, 9.17) is 21.1 Å². The lowest BCUT2D eigenvalue weighted by Crippen LogP contribution is -2.55. The number of thioether (sulfide) groups is 1. The molecule has 13 heteroatoms. The molecule has 3 fully saturated rings. The van der Waals surface area contributed by atoms with Crippen LogP contribution < -0.4 is 0 Å². The summed E-state index contributed by atoms with van der Waals surface area (Å²) in [6.07, 6.45) is 0.156. The van der Waals surface area contributed by atoms with Gasteiger partial charge in [-0.2, -0.15) is 18.3 Å². The van der Waals surface area contributed by atoms with E-state index in [0.29, 0.717) is 53.6 Å². The molecule has 2 atom stereocenters. The molecule has 222 valence electrons. The van der Waals surface area contributed by atoms with Gasteiger partial charge in [0.1, 0.15) is 0 Å². The van der Waals surface area contributed by atoms with Crippen LogP contribution in [0, 0.1) is 0 Å². The number of halogens is 4. The van der Waals surface area contributed by atoms with Gasteiger partial charge in [0.05, 0.1) is 60.7 Å².